The van der Waals surface area contributed by atoms with E-state index >= 15 is 0 Å². The number of Topliss-reactive ketones (excluding diaryl/α,β-unsaturated/α-hetero) is 5. The maximum absolute atomic E-state index is 11.5. The SMILES string of the molecule is CC(=O)CCCCC(=O)C(S)CC(=O)O.CC(=O)CCCCCN1C(=O)CC(S)C1=O.CC(=O)CCOCCN1C(=O)CC(S)C1=O.CC(=O)CCOCCNC(=O)C(S)CC(=O)O. The first-order valence-electron chi connectivity index (χ1n) is 20.7. The van der Waals surface area contributed by atoms with Gasteiger partial charge in [0, 0.05) is 58.0 Å². The number of rotatable bonds is 29. The first-order valence-corrected chi connectivity index (χ1v) is 22.7. The van der Waals surface area contributed by atoms with Crippen LogP contribution in [-0.2, 0) is 67.0 Å². The molecule has 4 unspecified atom stereocenters. The van der Waals surface area contributed by atoms with Crippen molar-refractivity contribution >= 4 is 121 Å². The maximum atomic E-state index is 11.5. The number of carbonyl (C=O) groups excluding carboxylic acids is 10. The second-order valence-electron chi connectivity index (χ2n) is 14.7. The highest BCUT2D eigenvalue weighted by molar-refractivity contribution is 7.82. The molecule has 64 heavy (non-hydrogen) atoms. The number of carbonyl (C=O) groups is 12. The Kier molecular flexibility index (Phi) is 35.7. The smallest absolute Gasteiger partial charge is 0.304 e. The standard InChI is InChI=1S/C11H17NO3S.C10H17NO5S.C10H15NO4S.C10H16O4S/c1-8(13)5-3-2-4-6-12-10(14)7-9(16)11(12)15;1-7(12)2-4-16-5-3-11-10(15)8(17)6-9(13)14;1-7(12)2-4-15-5-3-11-9(13)6-8(16)10(11)14;1-7(11)4-2-3-5-8(12)9(15)6-10(13)14/h9,16H,2-7H2,1H3;8,17H,2-6H2,1H3,(H,11,15)(H,13,14);8,16H,2-6H2,1H3;9,15H,2-6H2,1H3,(H,13,14). The predicted octanol–water partition coefficient (Wildman–Crippen LogP) is 2.58. The monoisotopic (exact) mass is 983 g/mol. The Morgan fingerprint density at radius 1 is 0.578 bits per heavy atom. The molecule has 0 radical (unpaired) electrons. The fourth-order valence-corrected chi connectivity index (χ4v) is 6.28. The molecule has 2 heterocycles. The van der Waals surface area contributed by atoms with Gasteiger partial charge in [-0.05, 0) is 53.4 Å². The van der Waals surface area contributed by atoms with Crippen molar-refractivity contribution in [1.82, 2.24) is 15.1 Å². The molecule has 3 N–H and O–H groups in total. The number of imide groups is 2. The van der Waals surface area contributed by atoms with Crippen LogP contribution in [0, 0.1) is 0 Å². The summed E-state index contributed by atoms with van der Waals surface area (Å²) in [5, 5.41) is 16.8. The number of carboxylic acid groups (broad SMARTS) is 2. The van der Waals surface area contributed by atoms with Gasteiger partial charge in [0.15, 0.2) is 0 Å². The molecular formula is C41H65N3O16S4. The summed E-state index contributed by atoms with van der Waals surface area (Å²) in [4.78, 5) is 134. The molecule has 0 aromatic rings. The third-order valence-corrected chi connectivity index (χ3v) is 10.4. The Hall–Kier alpha value is -3.64. The second-order valence-corrected chi connectivity index (χ2v) is 17.2. The molecule has 0 bridgehead atoms. The van der Waals surface area contributed by atoms with Gasteiger partial charge >= 0.3 is 11.9 Å². The van der Waals surface area contributed by atoms with Gasteiger partial charge in [-0.2, -0.15) is 50.5 Å². The lowest BCUT2D eigenvalue weighted by Gasteiger charge is -2.13. The van der Waals surface area contributed by atoms with Crippen LogP contribution < -0.4 is 5.32 Å². The molecule has 23 heteroatoms. The summed E-state index contributed by atoms with van der Waals surface area (Å²) in [5.74, 6) is -3.07. The number of hydrogen-bond acceptors (Lipinski definition) is 18. The number of likely N-dealkylation sites (tertiary alicyclic amines) is 2. The number of unbranched alkanes of at least 4 members (excludes halogenated alkanes) is 3. The van der Waals surface area contributed by atoms with E-state index in [1.807, 2.05) is 0 Å². The average molecular weight is 984 g/mol. The number of amides is 5. The lowest BCUT2D eigenvalue weighted by atomic mass is 10.1. The minimum Gasteiger partial charge on any atom is -0.481 e. The molecule has 0 aromatic carbocycles. The first kappa shape index (κ1) is 62.4. The summed E-state index contributed by atoms with van der Waals surface area (Å²) in [6.45, 7) is 8.22. The van der Waals surface area contributed by atoms with Gasteiger partial charge in [-0.3, -0.25) is 57.7 Å². The Balaban J connectivity index is 0. The normalized spacial score (nSPS) is 16.3. The average Bonchev–Trinajstić information content (AvgIpc) is 3.58. The predicted molar refractivity (Wildman–Crippen MR) is 247 cm³/mol. The zero-order valence-corrected chi connectivity index (χ0v) is 40.5. The van der Waals surface area contributed by atoms with Gasteiger partial charge in [0.25, 0.3) is 0 Å². The minimum absolute atomic E-state index is 0.0471. The number of carboxylic acids is 2. The van der Waals surface area contributed by atoms with Crippen LogP contribution in [0.25, 0.3) is 0 Å². The van der Waals surface area contributed by atoms with Crippen LogP contribution >= 0.6 is 50.5 Å². The third-order valence-electron chi connectivity index (χ3n) is 8.66. The van der Waals surface area contributed by atoms with E-state index in [4.69, 9.17) is 19.7 Å². The molecule has 4 atom stereocenters. The van der Waals surface area contributed by atoms with Gasteiger partial charge in [0.2, 0.25) is 29.5 Å². The molecule has 364 valence electrons. The van der Waals surface area contributed by atoms with Crippen molar-refractivity contribution in [3.8, 4) is 0 Å². The summed E-state index contributed by atoms with van der Waals surface area (Å²) in [5.41, 5.74) is 0. The van der Waals surface area contributed by atoms with E-state index in [1.165, 1.54) is 25.7 Å². The fourth-order valence-electron chi connectivity index (χ4n) is 5.15. The van der Waals surface area contributed by atoms with E-state index in [1.54, 1.807) is 6.92 Å². The van der Waals surface area contributed by atoms with Crippen molar-refractivity contribution in [2.75, 3.05) is 46.1 Å². The highest BCUT2D eigenvalue weighted by atomic mass is 32.1. The molecular weight excluding hydrogens is 919 g/mol. The number of thiol groups is 4. The van der Waals surface area contributed by atoms with Crippen LogP contribution in [0.15, 0.2) is 0 Å². The largest absolute Gasteiger partial charge is 0.481 e. The molecule has 19 nitrogen and oxygen atoms in total. The van der Waals surface area contributed by atoms with E-state index in [-0.39, 0.29) is 105 Å². The lowest BCUT2D eigenvalue weighted by Crippen LogP contribution is -2.35. The lowest BCUT2D eigenvalue weighted by molar-refractivity contribution is -0.140. The van der Waals surface area contributed by atoms with Gasteiger partial charge in [-0.1, -0.05) is 6.42 Å². The first-order chi connectivity index (χ1) is 29.9. The van der Waals surface area contributed by atoms with Crippen LogP contribution in [0.3, 0.4) is 0 Å². The topological polar surface area (TPSA) is 282 Å². The van der Waals surface area contributed by atoms with Gasteiger partial charge in [0.1, 0.15) is 28.9 Å². The molecule has 0 saturated carbocycles. The van der Waals surface area contributed by atoms with Crippen LogP contribution in [-0.4, -0.2) is 157 Å². The zero-order chi connectivity index (χ0) is 49.4. The summed E-state index contributed by atoms with van der Waals surface area (Å²) in [6, 6.07) is 0. The van der Waals surface area contributed by atoms with Crippen LogP contribution in [0.4, 0.5) is 0 Å². The zero-order valence-electron chi connectivity index (χ0n) is 37.0. The molecule has 0 aliphatic carbocycles. The Labute approximate surface area is 396 Å². The van der Waals surface area contributed by atoms with Crippen LogP contribution in [0.2, 0.25) is 0 Å². The second kappa shape index (κ2) is 36.6. The van der Waals surface area contributed by atoms with Crippen molar-refractivity contribution < 1.29 is 77.2 Å². The van der Waals surface area contributed by atoms with E-state index in [0.29, 0.717) is 64.7 Å². The highest BCUT2D eigenvalue weighted by Gasteiger charge is 2.36. The molecule has 2 rings (SSSR count). The van der Waals surface area contributed by atoms with Crippen molar-refractivity contribution in [3.05, 3.63) is 0 Å². The summed E-state index contributed by atoms with van der Waals surface area (Å²) in [6.07, 6.45) is 5.65. The van der Waals surface area contributed by atoms with Gasteiger partial charge in [-0.25, -0.2) is 0 Å². The quantitative estimate of drug-likeness (QED) is 0.0322. The molecule has 0 aromatic heterocycles. The van der Waals surface area contributed by atoms with Gasteiger partial charge in [0.05, 0.1) is 66.8 Å². The van der Waals surface area contributed by atoms with E-state index in [0.717, 1.165) is 24.2 Å². The Morgan fingerprint density at radius 2 is 0.984 bits per heavy atom. The number of ether oxygens (including phenoxy) is 2. The highest BCUT2D eigenvalue weighted by Crippen LogP contribution is 2.19. The summed E-state index contributed by atoms with van der Waals surface area (Å²) in [7, 11) is 0. The van der Waals surface area contributed by atoms with Crippen molar-refractivity contribution in [1.29, 1.82) is 0 Å². The van der Waals surface area contributed by atoms with Crippen LogP contribution in [0.1, 0.15) is 118 Å². The van der Waals surface area contributed by atoms with Gasteiger partial charge < -0.3 is 34.6 Å². The molecule has 5 amide bonds. The van der Waals surface area contributed by atoms with Crippen molar-refractivity contribution in [2.45, 2.75) is 139 Å². The summed E-state index contributed by atoms with van der Waals surface area (Å²) >= 11 is 15.8. The van der Waals surface area contributed by atoms with Crippen molar-refractivity contribution in [2.24, 2.45) is 0 Å². The van der Waals surface area contributed by atoms with Gasteiger partial charge in [-0.15, -0.1) is 0 Å². The third kappa shape index (κ3) is 32.9. The van der Waals surface area contributed by atoms with E-state index in [2.05, 4.69) is 55.8 Å². The summed E-state index contributed by atoms with van der Waals surface area (Å²) < 4.78 is 10.2. The molecule has 2 saturated heterocycles. The van der Waals surface area contributed by atoms with Crippen LogP contribution in [0.5, 0.6) is 0 Å². The number of aliphatic carboxylic acids is 2. The molecule has 2 aliphatic heterocycles. The molecule has 2 aliphatic rings. The molecule has 0 spiro atoms. The van der Waals surface area contributed by atoms with E-state index in [9.17, 15) is 57.5 Å². The fraction of sp³-hybridized carbons (Fsp3) is 0.707. The molecule has 2 fully saturated rings. The Morgan fingerprint density at radius 3 is 1.41 bits per heavy atom. The number of nitrogens with zero attached hydrogens (tertiary/aromatic N) is 2. The van der Waals surface area contributed by atoms with E-state index < -0.39 is 38.8 Å². The van der Waals surface area contributed by atoms with Crippen molar-refractivity contribution in [3.63, 3.8) is 0 Å². The number of ketones is 5. The maximum Gasteiger partial charge on any atom is 0.304 e. The minimum atomic E-state index is -1.07. The number of hydrogen-bond donors (Lipinski definition) is 7. The Bertz CT molecular complexity index is 1540. The number of nitrogens with one attached hydrogen (secondary N) is 1.